The monoisotopic (exact) mass is 298 g/mol. The zero-order valence-electron chi connectivity index (χ0n) is 10.6. The minimum absolute atomic E-state index is 0.0525. The van der Waals surface area contributed by atoms with Crippen molar-refractivity contribution in [2.24, 2.45) is 0 Å². The molecule has 102 valence electrons. The molecule has 0 radical (unpaired) electrons. The van der Waals surface area contributed by atoms with Gasteiger partial charge in [0.25, 0.3) is 0 Å². The van der Waals surface area contributed by atoms with Crippen LogP contribution < -0.4 is 0 Å². The number of nitrogens with zero attached hydrogens (tertiary/aromatic N) is 2. The van der Waals surface area contributed by atoms with Crippen molar-refractivity contribution >= 4 is 21.6 Å². The van der Waals surface area contributed by atoms with E-state index in [1.54, 1.807) is 7.05 Å². The first-order chi connectivity index (χ1) is 8.96. The molecule has 1 saturated carbocycles. The van der Waals surface area contributed by atoms with Gasteiger partial charge in [-0.25, -0.2) is 8.42 Å². The van der Waals surface area contributed by atoms with Gasteiger partial charge in [-0.1, -0.05) is 24.4 Å². The molecule has 0 N–H and O–H groups in total. The number of sulfonamides is 1. The van der Waals surface area contributed by atoms with E-state index in [-0.39, 0.29) is 16.0 Å². The molecule has 0 heterocycles. The van der Waals surface area contributed by atoms with E-state index >= 15 is 0 Å². The van der Waals surface area contributed by atoms with E-state index in [1.807, 2.05) is 6.07 Å². The molecule has 6 heteroatoms. The van der Waals surface area contributed by atoms with E-state index < -0.39 is 10.0 Å². The molecule has 0 aliphatic heterocycles. The third-order valence-electron chi connectivity index (χ3n) is 3.56. The van der Waals surface area contributed by atoms with Crippen LogP contribution in [0, 0.1) is 11.3 Å². The second-order valence-corrected chi connectivity index (χ2v) is 7.09. The van der Waals surface area contributed by atoms with Gasteiger partial charge >= 0.3 is 0 Å². The summed E-state index contributed by atoms with van der Waals surface area (Å²) < 4.78 is 26.4. The number of hydrogen-bond acceptors (Lipinski definition) is 3. The maximum Gasteiger partial charge on any atom is 0.244 e. The fourth-order valence-electron chi connectivity index (χ4n) is 2.40. The Hall–Kier alpha value is -1.09. The lowest BCUT2D eigenvalue weighted by Crippen LogP contribution is -2.35. The smallest absolute Gasteiger partial charge is 0.207 e. The Morgan fingerprint density at radius 1 is 1.37 bits per heavy atom. The highest BCUT2D eigenvalue weighted by Crippen LogP contribution is 2.30. The zero-order chi connectivity index (χ0) is 14.0. The maximum absolute atomic E-state index is 12.5. The summed E-state index contributed by atoms with van der Waals surface area (Å²) in [5, 5.41) is 8.87. The lowest BCUT2D eigenvalue weighted by atomic mass is 10.2. The van der Waals surface area contributed by atoms with Crippen LogP contribution in [0.15, 0.2) is 23.1 Å². The highest BCUT2D eigenvalue weighted by molar-refractivity contribution is 7.89. The van der Waals surface area contributed by atoms with E-state index in [4.69, 9.17) is 16.9 Å². The van der Waals surface area contributed by atoms with Crippen molar-refractivity contribution < 1.29 is 8.42 Å². The minimum atomic E-state index is -3.59. The number of rotatable bonds is 3. The van der Waals surface area contributed by atoms with Gasteiger partial charge in [0, 0.05) is 13.1 Å². The van der Waals surface area contributed by atoms with Crippen molar-refractivity contribution in [3.8, 4) is 6.07 Å². The molecule has 1 aliphatic rings. The first-order valence-electron chi connectivity index (χ1n) is 6.14. The average Bonchev–Trinajstić information content (AvgIpc) is 2.90. The van der Waals surface area contributed by atoms with E-state index in [0.29, 0.717) is 5.56 Å². The molecule has 4 nitrogen and oxygen atoms in total. The molecule has 1 fully saturated rings. The molecular weight excluding hydrogens is 284 g/mol. The molecule has 1 aliphatic carbocycles. The normalized spacial score (nSPS) is 16.7. The van der Waals surface area contributed by atoms with Crippen molar-refractivity contribution in [2.45, 2.75) is 36.6 Å². The SMILES string of the molecule is CN(C1CCCC1)S(=O)(=O)c1ccc(C#N)cc1Cl. The molecule has 0 unspecified atom stereocenters. The van der Waals surface area contributed by atoms with Crippen LogP contribution in [0.5, 0.6) is 0 Å². The Bertz CT molecular complexity index is 616. The van der Waals surface area contributed by atoms with Crippen LogP contribution in [0.4, 0.5) is 0 Å². The van der Waals surface area contributed by atoms with Gasteiger partial charge in [0.1, 0.15) is 4.90 Å². The van der Waals surface area contributed by atoms with Crippen LogP contribution in [-0.4, -0.2) is 25.8 Å². The topological polar surface area (TPSA) is 61.2 Å². The highest BCUT2D eigenvalue weighted by atomic mass is 35.5. The van der Waals surface area contributed by atoms with Crippen molar-refractivity contribution in [3.63, 3.8) is 0 Å². The summed E-state index contributed by atoms with van der Waals surface area (Å²) in [4.78, 5) is 0.0718. The molecule has 0 aromatic heterocycles. The van der Waals surface area contributed by atoms with Crippen molar-refractivity contribution in [1.29, 1.82) is 5.26 Å². The van der Waals surface area contributed by atoms with Crippen LogP contribution in [-0.2, 0) is 10.0 Å². The summed E-state index contributed by atoms with van der Waals surface area (Å²) in [5.74, 6) is 0. The summed E-state index contributed by atoms with van der Waals surface area (Å²) in [7, 11) is -1.99. The van der Waals surface area contributed by atoms with Gasteiger partial charge in [-0.05, 0) is 31.0 Å². The fraction of sp³-hybridized carbons (Fsp3) is 0.462. The Morgan fingerprint density at radius 2 is 2.00 bits per heavy atom. The molecule has 2 rings (SSSR count). The standard InChI is InChI=1S/C13H15ClN2O2S/c1-16(11-4-2-3-5-11)19(17,18)13-7-6-10(9-15)8-12(13)14/h6-8,11H,2-5H2,1H3. The first-order valence-corrected chi connectivity index (χ1v) is 7.96. The van der Waals surface area contributed by atoms with Gasteiger partial charge in [-0.15, -0.1) is 0 Å². The highest BCUT2D eigenvalue weighted by Gasteiger charge is 2.31. The van der Waals surface area contributed by atoms with Crippen LogP contribution in [0.2, 0.25) is 5.02 Å². The molecule has 0 atom stereocenters. The van der Waals surface area contributed by atoms with Crippen LogP contribution in [0.3, 0.4) is 0 Å². The molecule has 1 aromatic rings. The van der Waals surface area contributed by atoms with Crippen molar-refractivity contribution in [1.82, 2.24) is 4.31 Å². The van der Waals surface area contributed by atoms with Gasteiger partial charge in [-0.3, -0.25) is 0 Å². The molecule has 0 spiro atoms. The third kappa shape index (κ3) is 2.76. The number of halogens is 1. The van der Waals surface area contributed by atoms with Gasteiger partial charge in [0.15, 0.2) is 0 Å². The predicted molar refractivity (Wildman–Crippen MR) is 73.4 cm³/mol. The third-order valence-corrected chi connectivity index (χ3v) is 5.95. The lowest BCUT2D eigenvalue weighted by molar-refractivity contribution is 0.373. The van der Waals surface area contributed by atoms with Crippen LogP contribution in [0.1, 0.15) is 31.2 Å². The van der Waals surface area contributed by atoms with Gasteiger partial charge < -0.3 is 0 Å². The second-order valence-electron chi connectivity index (χ2n) is 4.72. The quantitative estimate of drug-likeness (QED) is 0.862. The molecular formula is C13H15ClN2O2S. The summed E-state index contributed by atoms with van der Waals surface area (Å²) in [6.07, 6.45) is 3.91. The van der Waals surface area contributed by atoms with E-state index in [2.05, 4.69) is 0 Å². The summed E-state index contributed by atoms with van der Waals surface area (Å²) >= 11 is 5.99. The van der Waals surface area contributed by atoms with Crippen LogP contribution in [0.25, 0.3) is 0 Å². The summed E-state index contributed by atoms with van der Waals surface area (Å²) in [5.41, 5.74) is 0.354. The first kappa shape index (κ1) is 14.3. The molecule has 0 bridgehead atoms. The predicted octanol–water partition coefficient (Wildman–Crippen LogP) is 2.77. The van der Waals surface area contributed by atoms with E-state index in [0.717, 1.165) is 25.7 Å². The van der Waals surface area contributed by atoms with Crippen molar-refractivity contribution in [2.75, 3.05) is 7.05 Å². The molecule has 0 saturated heterocycles. The van der Waals surface area contributed by atoms with E-state index in [9.17, 15) is 8.42 Å². The van der Waals surface area contributed by atoms with Crippen LogP contribution >= 0.6 is 11.6 Å². The zero-order valence-corrected chi connectivity index (χ0v) is 12.2. The molecule has 1 aromatic carbocycles. The Labute approximate surface area is 118 Å². The van der Waals surface area contributed by atoms with Crippen molar-refractivity contribution in [3.05, 3.63) is 28.8 Å². The molecule has 0 amide bonds. The number of nitriles is 1. The fourth-order valence-corrected chi connectivity index (χ4v) is 4.33. The summed E-state index contributed by atoms with van der Waals surface area (Å²) in [6.45, 7) is 0. The van der Waals surface area contributed by atoms with Gasteiger partial charge in [0.2, 0.25) is 10.0 Å². The molecule has 19 heavy (non-hydrogen) atoms. The summed E-state index contributed by atoms with van der Waals surface area (Å²) in [6, 6.07) is 6.25. The second kappa shape index (κ2) is 5.49. The maximum atomic E-state index is 12.5. The lowest BCUT2D eigenvalue weighted by Gasteiger charge is -2.24. The Morgan fingerprint density at radius 3 is 2.53 bits per heavy atom. The van der Waals surface area contributed by atoms with Gasteiger partial charge in [0.05, 0.1) is 16.7 Å². The number of hydrogen-bond donors (Lipinski definition) is 0. The Balaban J connectivity index is 2.36. The van der Waals surface area contributed by atoms with E-state index in [1.165, 1.54) is 22.5 Å². The Kier molecular flexibility index (Phi) is 4.14. The minimum Gasteiger partial charge on any atom is -0.207 e. The van der Waals surface area contributed by atoms with Gasteiger partial charge in [-0.2, -0.15) is 9.57 Å². The number of benzene rings is 1. The largest absolute Gasteiger partial charge is 0.244 e. The average molecular weight is 299 g/mol.